The molecule has 1 heterocycles. The van der Waals surface area contributed by atoms with Gasteiger partial charge in [0.05, 0.1) is 22.7 Å². The first kappa shape index (κ1) is 13.6. The van der Waals surface area contributed by atoms with Crippen molar-refractivity contribution in [2.45, 2.75) is 33.2 Å². The lowest BCUT2D eigenvalue weighted by Gasteiger charge is -2.09. The highest BCUT2D eigenvalue weighted by Gasteiger charge is 2.21. The number of aromatic nitrogens is 2. The standard InChI is InChI=1S/C13H16BN3O2/c1-3-4-5-17-9(2)16-12-7-10(8-15)6-11(13(12)17)14(18)19/h6-7,18-19H,3-5H2,1-2H3. The molecule has 6 heteroatoms. The first-order valence-electron chi connectivity index (χ1n) is 6.35. The van der Waals surface area contributed by atoms with Crippen LogP contribution in [0.5, 0.6) is 0 Å². The third kappa shape index (κ3) is 2.48. The SMILES string of the molecule is CCCCn1c(C)nc2cc(C#N)cc(B(O)O)c21. The van der Waals surface area contributed by atoms with Crippen molar-refractivity contribution in [3.63, 3.8) is 0 Å². The van der Waals surface area contributed by atoms with E-state index in [1.807, 2.05) is 17.6 Å². The maximum Gasteiger partial charge on any atom is 0.490 e. The fourth-order valence-corrected chi connectivity index (χ4v) is 2.27. The molecule has 0 saturated carbocycles. The maximum absolute atomic E-state index is 9.51. The van der Waals surface area contributed by atoms with Gasteiger partial charge in [-0.1, -0.05) is 13.3 Å². The summed E-state index contributed by atoms with van der Waals surface area (Å²) in [6.45, 7) is 4.77. The topological polar surface area (TPSA) is 82.1 Å². The highest BCUT2D eigenvalue weighted by molar-refractivity contribution is 6.61. The average molecular weight is 257 g/mol. The Morgan fingerprint density at radius 1 is 1.42 bits per heavy atom. The van der Waals surface area contributed by atoms with Crippen LogP contribution in [0.2, 0.25) is 0 Å². The first-order chi connectivity index (χ1) is 9.08. The van der Waals surface area contributed by atoms with Gasteiger partial charge in [0, 0.05) is 12.0 Å². The predicted octanol–water partition coefficient (Wildman–Crippen LogP) is 0.696. The van der Waals surface area contributed by atoms with E-state index in [1.54, 1.807) is 6.07 Å². The molecule has 0 aliphatic carbocycles. The molecular weight excluding hydrogens is 241 g/mol. The van der Waals surface area contributed by atoms with Gasteiger partial charge in [-0.05, 0) is 25.5 Å². The minimum absolute atomic E-state index is 0.339. The van der Waals surface area contributed by atoms with Gasteiger partial charge in [0.2, 0.25) is 0 Å². The van der Waals surface area contributed by atoms with Gasteiger partial charge in [0.1, 0.15) is 5.82 Å². The molecule has 2 rings (SSSR count). The molecule has 19 heavy (non-hydrogen) atoms. The molecule has 0 aliphatic rings. The van der Waals surface area contributed by atoms with E-state index < -0.39 is 7.12 Å². The fraction of sp³-hybridized carbons (Fsp3) is 0.385. The summed E-state index contributed by atoms with van der Waals surface area (Å²) < 4.78 is 1.98. The minimum atomic E-state index is -1.60. The molecular formula is C13H16BN3O2. The summed E-state index contributed by atoms with van der Waals surface area (Å²) in [5.41, 5.74) is 2.07. The van der Waals surface area contributed by atoms with Crippen molar-refractivity contribution < 1.29 is 10.0 Å². The van der Waals surface area contributed by atoms with Crippen molar-refractivity contribution in [1.29, 1.82) is 5.26 Å². The molecule has 98 valence electrons. The van der Waals surface area contributed by atoms with Crippen LogP contribution in [0.15, 0.2) is 12.1 Å². The number of fused-ring (bicyclic) bond motifs is 1. The lowest BCUT2D eigenvalue weighted by Crippen LogP contribution is -2.32. The molecule has 0 saturated heterocycles. The third-order valence-corrected chi connectivity index (χ3v) is 3.20. The van der Waals surface area contributed by atoms with E-state index in [0.29, 0.717) is 22.1 Å². The van der Waals surface area contributed by atoms with Crippen LogP contribution in [0.1, 0.15) is 31.2 Å². The van der Waals surface area contributed by atoms with E-state index in [4.69, 9.17) is 5.26 Å². The van der Waals surface area contributed by atoms with Crippen LogP contribution in [0.4, 0.5) is 0 Å². The molecule has 2 aromatic rings. The van der Waals surface area contributed by atoms with E-state index in [2.05, 4.69) is 11.9 Å². The highest BCUT2D eigenvalue weighted by atomic mass is 16.4. The number of rotatable bonds is 4. The number of imidazole rings is 1. The second-order valence-electron chi connectivity index (χ2n) is 4.58. The minimum Gasteiger partial charge on any atom is -0.423 e. The fourth-order valence-electron chi connectivity index (χ4n) is 2.27. The Balaban J connectivity index is 2.70. The number of unbranched alkanes of at least 4 members (excludes halogenated alkanes) is 1. The van der Waals surface area contributed by atoms with E-state index in [9.17, 15) is 10.0 Å². The lowest BCUT2D eigenvalue weighted by molar-refractivity contribution is 0.426. The molecule has 0 fully saturated rings. The molecule has 0 aliphatic heterocycles. The van der Waals surface area contributed by atoms with Gasteiger partial charge in [-0.25, -0.2) is 4.98 Å². The molecule has 1 aromatic heterocycles. The smallest absolute Gasteiger partial charge is 0.423 e. The Kier molecular flexibility index (Phi) is 3.88. The van der Waals surface area contributed by atoms with E-state index in [0.717, 1.165) is 25.2 Å². The first-order valence-corrected chi connectivity index (χ1v) is 6.35. The second kappa shape index (κ2) is 5.43. The zero-order valence-electron chi connectivity index (χ0n) is 11.1. The number of hydrogen-bond donors (Lipinski definition) is 2. The van der Waals surface area contributed by atoms with Gasteiger partial charge in [-0.15, -0.1) is 0 Å². The Labute approximate surface area is 112 Å². The Morgan fingerprint density at radius 2 is 2.16 bits per heavy atom. The largest absolute Gasteiger partial charge is 0.490 e. The second-order valence-corrected chi connectivity index (χ2v) is 4.58. The Hall–Kier alpha value is -1.84. The Bertz CT molecular complexity index is 643. The summed E-state index contributed by atoms with van der Waals surface area (Å²) in [6.07, 6.45) is 2.04. The van der Waals surface area contributed by atoms with Crippen molar-refractivity contribution in [3.05, 3.63) is 23.5 Å². The summed E-state index contributed by atoms with van der Waals surface area (Å²) in [4.78, 5) is 4.41. The molecule has 0 spiro atoms. The predicted molar refractivity (Wildman–Crippen MR) is 73.9 cm³/mol. The lowest BCUT2D eigenvalue weighted by atomic mass is 9.78. The molecule has 0 atom stereocenters. The quantitative estimate of drug-likeness (QED) is 0.790. The molecule has 0 bridgehead atoms. The van der Waals surface area contributed by atoms with Crippen molar-refractivity contribution >= 4 is 23.6 Å². The number of nitriles is 1. The summed E-state index contributed by atoms with van der Waals surface area (Å²) >= 11 is 0. The van der Waals surface area contributed by atoms with E-state index in [1.165, 1.54) is 6.07 Å². The molecule has 0 amide bonds. The summed E-state index contributed by atoms with van der Waals surface area (Å²) in [7, 11) is -1.60. The molecule has 0 unspecified atom stereocenters. The Morgan fingerprint density at radius 3 is 2.74 bits per heavy atom. The van der Waals surface area contributed by atoms with Crippen LogP contribution in [-0.2, 0) is 6.54 Å². The normalized spacial score (nSPS) is 10.7. The molecule has 0 radical (unpaired) electrons. The van der Waals surface area contributed by atoms with Gasteiger partial charge in [0.15, 0.2) is 0 Å². The number of hydrogen-bond acceptors (Lipinski definition) is 4. The number of nitrogens with zero attached hydrogens (tertiary/aromatic N) is 3. The van der Waals surface area contributed by atoms with E-state index in [-0.39, 0.29) is 0 Å². The molecule has 1 aromatic carbocycles. The third-order valence-electron chi connectivity index (χ3n) is 3.20. The van der Waals surface area contributed by atoms with Crippen LogP contribution < -0.4 is 5.46 Å². The van der Waals surface area contributed by atoms with Gasteiger partial charge < -0.3 is 14.6 Å². The summed E-state index contributed by atoms with van der Waals surface area (Å²) in [5.74, 6) is 0.820. The zero-order valence-corrected chi connectivity index (χ0v) is 11.1. The molecule has 2 N–H and O–H groups in total. The van der Waals surface area contributed by atoms with Crippen LogP contribution >= 0.6 is 0 Å². The van der Waals surface area contributed by atoms with Gasteiger partial charge in [0.25, 0.3) is 0 Å². The van der Waals surface area contributed by atoms with Crippen molar-refractivity contribution in [2.75, 3.05) is 0 Å². The number of aryl methyl sites for hydroxylation is 2. The average Bonchev–Trinajstić information content (AvgIpc) is 2.70. The van der Waals surface area contributed by atoms with Crippen molar-refractivity contribution in [1.82, 2.24) is 9.55 Å². The maximum atomic E-state index is 9.51. The molecule has 5 nitrogen and oxygen atoms in total. The van der Waals surface area contributed by atoms with Crippen LogP contribution in [0.25, 0.3) is 11.0 Å². The van der Waals surface area contributed by atoms with Crippen LogP contribution in [-0.4, -0.2) is 26.7 Å². The summed E-state index contributed by atoms with van der Waals surface area (Å²) in [6, 6.07) is 5.20. The monoisotopic (exact) mass is 257 g/mol. The van der Waals surface area contributed by atoms with Gasteiger partial charge in [-0.2, -0.15) is 5.26 Å². The zero-order chi connectivity index (χ0) is 14.0. The van der Waals surface area contributed by atoms with Crippen molar-refractivity contribution in [3.8, 4) is 6.07 Å². The summed E-state index contributed by atoms with van der Waals surface area (Å²) in [5, 5.41) is 28.0. The highest BCUT2D eigenvalue weighted by Crippen LogP contribution is 2.17. The van der Waals surface area contributed by atoms with Gasteiger partial charge in [-0.3, -0.25) is 0 Å². The number of benzene rings is 1. The van der Waals surface area contributed by atoms with Crippen molar-refractivity contribution in [2.24, 2.45) is 0 Å². The van der Waals surface area contributed by atoms with E-state index >= 15 is 0 Å². The van der Waals surface area contributed by atoms with Gasteiger partial charge >= 0.3 is 7.12 Å². The van der Waals surface area contributed by atoms with Crippen LogP contribution in [0, 0.1) is 18.3 Å². The van der Waals surface area contributed by atoms with Crippen LogP contribution in [0.3, 0.4) is 0 Å².